The van der Waals surface area contributed by atoms with Gasteiger partial charge in [-0.25, -0.2) is 0 Å². The topological polar surface area (TPSA) is 50.8 Å². The number of fused-ring (bicyclic) bond motifs is 1. The van der Waals surface area contributed by atoms with Crippen molar-refractivity contribution in [3.8, 4) is 5.75 Å². The molecule has 1 N–H and O–H groups in total. The molecule has 0 spiro atoms. The molecule has 33 heavy (non-hydrogen) atoms. The molecule has 3 aromatic rings. The molecule has 0 radical (unpaired) electrons. The van der Waals surface area contributed by atoms with E-state index in [1.807, 2.05) is 65.6 Å². The zero-order chi connectivity index (χ0) is 22.7. The average molecular weight is 443 g/mol. The number of carbonyl (C=O) groups excluding carboxylic acids is 1. The van der Waals surface area contributed by atoms with E-state index in [-0.39, 0.29) is 12.0 Å². The molecule has 2 aliphatic rings. The lowest BCUT2D eigenvalue weighted by Crippen LogP contribution is -2.56. The summed E-state index contributed by atoms with van der Waals surface area (Å²) in [5.41, 5.74) is 3.05. The Balaban J connectivity index is 1.44. The molecular formula is C28H30N2O3. The predicted molar refractivity (Wildman–Crippen MR) is 130 cm³/mol. The highest BCUT2D eigenvalue weighted by Crippen LogP contribution is 2.38. The Labute approximate surface area is 195 Å². The third-order valence-electron chi connectivity index (χ3n) is 6.64. The number of hydrogen-bond acceptors (Lipinski definition) is 4. The lowest BCUT2D eigenvalue weighted by Gasteiger charge is -2.47. The first kappa shape index (κ1) is 21.5. The van der Waals surface area contributed by atoms with Crippen molar-refractivity contribution in [3.05, 3.63) is 95.6 Å². The van der Waals surface area contributed by atoms with Gasteiger partial charge in [0.2, 0.25) is 0 Å². The molecule has 0 aliphatic carbocycles. The monoisotopic (exact) mass is 442 g/mol. The first-order chi connectivity index (χ1) is 16.1. The summed E-state index contributed by atoms with van der Waals surface area (Å²) < 4.78 is 11.8. The van der Waals surface area contributed by atoms with E-state index < -0.39 is 5.66 Å². The molecule has 170 valence electrons. The first-order valence-corrected chi connectivity index (χ1v) is 11.7. The highest BCUT2D eigenvalue weighted by molar-refractivity contribution is 6.02. The fourth-order valence-electron chi connectivity index (χ4n) is 4.75. The van der Waals surface area contributed by atoms with Gasteiger partial charge in [0, 0.05) is 24.4 Å². The van der Waals surface area contributed by atoms with Gasteiger partial charge in [-0.3, -0.25) is 4.79 Å². The smallest absolute Gasteiger partial charge is 0.258 e. The van der Waals surface area contributed by atoms with E-state index in [4.69, 9.17) is 9.47 Å². The fourth-order valence-corrected chi connectivity index (χ4v) is 4.75. The Morgan fingerprint density at radius 3 is 2.70 bits per heavy atom. The highest BCUT2D eigenvalue weighted by Gasteiger charge is 2.42. The number of carbonyl (C=O) groups is 1. The maximum Gasteiger partial charge on any atom is 0.258 e. The normalized spacial score (nSPS) is 22.0. The number of rotatable bonds is 7. The van der Waals surface area contributed by atoms with Gasteiger partial charge < -0.3 is 19.7 Å². The van der Waals surface area contributed by atoms with Crippen LogP contribution in [0.4, 0.5) is 5.69 Å². The summed E-state index contributed by atoms with van der Waals surface area (Å²) >= 11 is 0. The number of anilines is 1. The van der Waals surface area contributed by atoms with E-state index in [0.29, 0.717) is 18.7 Å². The van der Waals surface area contributed by atoms with Crippen molar-refractivity contribution in [2.75, 3.05) is 25.1 Å². The fraction of sp³-hybridized carbons (Fsp3) is 0.321. The van der Waals surface area contributed by atoms with Crippen LogP contribution in [0.15, 0.2) is 78.9 Å². The summed E-state index contributed by atoms with van der Waals surface area (Å²) in [6.07, 6.45) is 3.07. The molecule has 1 amide bonds. The molecule has 5 heteroatoms. The molecular weight excluding hydrogens is 412 g/mol. The second-order valence-electron chi connectivity index (χ2n) is 8.91. The molecule has 3 aromatic carbocycles. The summed E-state index contributed by atoms with van der Waals surface area (Å²) in [6.45, 7) is 4.04. The second kappa shape index (κ2) is 9.28. The van der Waals surface area contributed by atoms with Crippen LogP contribution in [0.2, 0.25) is 0 Å². The Hall–Kier alpha value is -3.31. The first-order valence-electron chi connectivity index (χ1n) is 11.7. The maximum absolute atomic E-state index is 13.6. The van der Waals surface area contributed by atoms with E-state index in [1.54, 1.807) is 0 Å². The Morgan fingerprint density at radius 2 is 1.88 bits per heavy atom. The maximum atomic E-state index is 13.6. The van der Waals surface area contributed by atoms with Gasteiger partial charge >= 0.3 is 0 Å². The van der Waals surface area contributed by atoms with E-state index >= 15 is 0 Å². The summed E-state index contributed by atoms with van der Waals surface area (Å²) in [7, 11) is 0. The van der Waals surface area contributed by atoms with E-state index in [1.165, 1.54) is 5.56 Å². The van der Waals surface area contributed by atoms with Crippen molar-refractivity contribution in [1.29, 1.82) is 0 Å². The van der Waals surface area contributed by atoms with Crippen molar-refractivity contribution in [1.82, 2.24) is 4.90 Å². The Bertz CT molecular complexity index is 1110. The van der Waals surface area contributed by atoms with Crippen molar-refractivity contribution < 1.29 is 14.3 Å². The van der Waals surface area contributed by atoms with Crippen molar-refractivity contribution in [2.24, 2.45) is 0 Å². The minimum absolute atomic E-state index is 0.0356. The van der Waals surface area contributed by atoms with Crippen LogP contribution in [0, 0.1) is 0 Å². The molecule has 1 saturated heterocycles. The number of benzene rings is 3. The predicted octanol–water partition coefficient (Wildman–Crippen LogP) is 5.23. The van der Waals surface area contributed by atoms with Gasteiger partial charge in [0.15, 0.2) is 0 Å². The van der Waals surface area contributed by atoms with Gasteiger partial charge in [-0.05, 0) is 56.0 Å². The second-order valence-corrected chi connectivity index (χ2v) is 8.91. The van der Waals surface area contributed by atoms with Crippen molar-refractivity contribution >= 4 is 11.6 Å². The summed E-state index contributed by atoms with van der Waals surface area (Å²) in [4.78, 5) is 15.6. The molecule has 0 saturated carbocycles. The number of amides is 1. The average Bonchev–Trinajstić information content (AvgIpc) is 3.37. The minimum Gasteiger partial charge on any atom is -0.491 e. The number of ether oxygens (including phenoxy) is 2. The van der Waals surface area contributed by atoms with Crippen LogP contribution >= 0.6 is 0 Å². The number of para-hydroxylation sites is 1. The minimum atomic E-state index is -0.705. The molecule has 1 fully saturated rings. The molecule has 2 unspecified atom stereocenters. The zero-order valence-corrected chi connectivity index (χ0v) is 19.0. The van der Waals surface area contributed by atoms with E-state index in [0.717, 1.165) is 42.9 Å². The Morgan fingerprint density at radius 1 is 1.06 bits per heavy atom. The van der Waals surface area contributed by atoms with Crippen LogP contribution in [0.25, 0.3) is 0 Å². The lowest BCUT2D eigenvalue weighted by atomic mass is 9.93. The number of nitrogens with zero attached hydrogens (tertiary/aromatic N) is 1. The van der Waals surface area contributed by atoms with Gasteiger partial charge in [-0.15, -0.1) is 0 Å². The summed E-state index contributed by atoms with van der Waals surface area (Å²) in [5, 5.41) is 3.66. The molecule has 2 heterocycles. The van der Waals surface area contributed by atoms with Crippen LogP contribution in [0.3, 0.4) is 0 Å². The third-order valence-corrected chi connectivity index (χ3v) is 6.64. The van der Waals surface area contributed by atoms with Crippen molar-refractivity contribution in [2.45, 2.75) is 38.0 Å². The summed E-state index contributed by atoms with van der Waals surface area (Å²) in [6, 6.07) is 26.1. The molecule has 2 atom stereocenters. The van der Waals surface area contributed by atoms with Crippen LogP contribution in [-0.4, -0.2) is 36.7 Å². The summed E-state index contributed by atoms with van der Waals surface area (Å²) in [5.74, 6) is 0.828. The standard InChI is InChI=1S/C28H30N2O3/c1-28(22-11-7-12-23(19-22)33-20-24-13-8-18-32-24)29-26-15-6-5-14-25(26)27(31)30(28)17-16-21-9-3-2-4-10-21/h2-7,9-12,14-15,19,24,29H,8,13,16-18,20H2,1H3. The SMILES string of the molecule is CC1(c2cccc(OCC3CCCO3)c2)Nc2ccccc2C(=O)N1CCc1ccccc1. The van der Waals surface area contributed by atoms with Crippen LogP contribution in [0.5, 0.6) is 5.75 Å². The van der Waals surface area contributed by atoms with Crippen molar-refractivity contribution in [3.63, 3.8) is 0 Å². The van der Waals surface area contributed by atoms with Gasteiger partial charge in [-0.1, -0.05) is 54.6 Å². The molecule has 5 nitrogen and oxygen atoms in total. The number of nitrogens with one attached hydrogen (secondary N) is 1. The molecule has 2 aliphatic heterocycles. The molecule has 5 rings (SSSR count). The van der Waals surface area contributed by atoms with Crippen LogP contribution in [0.1, 0.15) is 41.3 Å². The highest BCUT2D eigenvalue weighted by atomic mass is 16.5. The third kappa shape index (κ3) is 4.46. The quantitative estimate of drug-likeness (QED) is 0.545. The Kier molecular flexibility index (Phi) is 6.05. The van der Waals surface area contributed by atoms with E-state index in [2.05, 4.69) is 30.4 Å². The van der Waals surface area contributed by atoms with Crippen LogP contribution in [-0.2, 0) is 16.8 Å². The van der Waals surface area contributed by atoms with Gasteiger partial charge in [0.25, 0.3) is 5.91 Å². The van der Waals surface area contributed by atoms with Gasteiger partial charge in [0.1, 0.15) is 18.0 Å². The van der Waals surface area contributed by atoms with E-state index in [9.17, 15) is 4.79 Å². The lowest BCUT2D eigenvalue weighted by molar-refractivity contribution is 0.0536. The van der Waals surface area contributed by atoms with Gasteiger partial charge in [0.05, 0.1) is 11.7 Å². The largest absolute Gasteiger partial charge is 0.491 e. The molecule has 0 aromatic heterocycles. The van der Waals surface area contributed by atoms with Gasteiger partial charge in [-0.2, -0.15) is 0 Å². The molecule has 0 bridgehead atoms. The zero-order valence-electron chi connectivity index (χ0n) is 19.0. The number of hydrogen-bond donors (Lipinski definition) is 1. The van der Waals surface area contributed by atoms with Crippen LogP contribution < -0.4 is 10.1 Å².